The molecule has 0 aliphatic heterocycles. The summed E-state index contributed by atoms with van der Waals surface area (Å²) in [5.74, 6) is 4.94. The van der Waals surface area contributed by atoms with Crippen molar-refractivity contribution in [2.45, 2.75) is 26.4 Å². The fourth-order valence-corrected chi connectivity index (χ4v) is 1.18. The highest BCUT2D eigenvalue weighted by atomic mass is 16.3. The van der Waals surface area contributed by atoms with Crippen molar-refractivity contribution in [3.8, 4) is 0 Å². The first kappa shape index (κ1) is 11.7. The van der Waals surface area contributed by atoms with Gasteiger partial charge < -0.3 is 4.42 Å². The zero-order valence-corrected chi connectivity index (χ0v) is 9.28. The molecule has 0 bridgehead atoms. The number of carbonyl (C=O) groups is 1. The third kappa shape index (κ3) is 2.81. The second-order valence-corrected chi connectivity index (χ2v) is 3.76. The Hall–Kier alpha value is -1.33. The highest BCUT2D eigenvalue weighted by Gasteiger charge is 2.16. The number of carbonyl (C=O) groups excluding carboxylic acids is 1. The molecule has 0 aliphatic carbocycles. The maximum Gasteiger partial charge on any atom is 0.301 e. The molecule has 3 N–H and O–H groups in total. The van der Waals surface area contributed by atoms with E-state index in [0.29, 0.717) is 12.6 Å². The van der Waals surface area contributed by atoms with Gasteiger partial charge in [-0.3, -0.25) is 15.1 Å². The normalized spacial score (nSPS) is 11.1. The first-order chi connectivity index (χ1) is 7.06. The van der Waals surface area contributed by atoms with Crippen LogP contribution in [0.15, 0.2) is 16.7 Å². The van der Waals surface area contributed by atoms with Gasteiger partial charge in [-0.05, 0) is 27.0 Å². The van der Waals surface area contributed by atoms with Crippen molar-refractivity contribution in [2.75, 3.05) is 7.05 Å². The summed E-state index contributed by atoms with van der Waals surface area (Å²) in [5.41, 5.74) is 2.90. The van der Waals surface area contributed by atoms with Gasteiger partial charge in [-0.1, -0.05) is 0 Å². The Morgan fingerprint density at radius 2 is 2.33 bits per heavy atom. The van der Waals surface area contributed by atoms with Gasteiger partial charge in [-0.15, -0.1) is 0 Å². The Morgan fingerprint density at radius 3 is 2.87 bits per heavy atom. The van der Waals surface area contributed by atoms with Crippen molar-refractivity contribution in [1.29, 1.82) is 0 Å². The SMILES string of the molecule is CC(C)N(C)Cc1ccoc1C(=O)NN. The van der Waals surface area contributed by atoms with Crippen molar-refractivity contribution in [1.82, 2.24) is 10.3 Å². The average Bonchev–Trinajstić information content (AvgIpc) is 2.64. The minimum absolute atomic E-state index is 0.282. The van der Waals surface area contributed by atoms with E-state index in [-0.39, 0.29) is 5.76 Å². The Morgan fingerprint density at radius 1 is 1.67 bits per heavy atom. The Kier molecular flexibility index (Phi) is 3.88. The molecule has 1 aromatic heterocycles. The van der Waals surface area contributed by atoms with E-state index < -0.39 is 5.91 Å². The third-order valence-electron chi connectivity index (χ3n) is 2.39. The van der Waals surface area contributed by atoms with E-state index in [2.05, 4.69) is 24.2 Å². The standard InChI is InChI=1S/C10H17N3O2/c1-7(2)13(3)6-8-4-5-15-9(8)10(14)12-11/h4-5,7H,6,11H2,1-3H3,(H,12,14). The lowest BCUT2D eigenvalue weighted by Crippen LogP contribution is -2.31. The van der Waals surface area contributed by atoms with Gasteiger partial charge in [0.05, 0.1) is 6.26 Å². The van der Waals surface area contributed by atoms with Crippen LogP contribution in [0, 0.1) is 0 Å². The van der Waals surface area contributed by atoms with Gasteiger partial charge in [-0.25, -0.2) is 5.84 Å². The van der Waals surface area contributed by atoms with Crippen molar-refractivity contribution in [3.63, 3.8) is 0 Å². The molecule has 0 radical (unpaired) electrons. The average molecular weight is 211 g/mol. The van der Waals surface area contributed by atoms with Gasteiger partial charge in [-0.2, -0.15) is 0 Å². The Balaban J connectivity index is 2.77. The fraction of sp³-hybridized carbons (Fsp3) is 0.500. The smallest absolute Gasteiger partial charge is 0.301 e. The van der Waals surface area contributed by atoms with Crippen LogP contribution in [0.2, 0.25) is 0 Å². The molecule has 1 aromatic rings. The molecule has 84 valence electrons. The number of amides is 1. The van der Waals surface area contributed by atoms with Crippen LogP contribution < -0.4 is 11.3 Å². The first-order valence-corrected chi connectivity index (χ1v) is 4.83. The minimum atomic E-state index is -0.396. The van der Waals surface area contributed by atoms with E-state index in [1.54, 1.807) is 6.07 Å². The maximum atomic E-state index is 11.3. The summed E-state index contributed by atoms with van der Waals surface area (Å²) in [4.78, 5) is 13.4. The molecule has 15 heavy (non-hydrogen) atoms. The van der Waals surface area contributed by atoms with Crippen molar-refractivity contribution in [2.24, 2.45) is 5.84 Å². The topological polar surface area (TPSA) is 71.5 Å². The number of hydrogen-bond donors (Lipinski definition) is 2. The summed E-state index contributed by atoms with van der Waals surface area (Å²) in [6.07, 6.45) is 1.49. The number of furan rings is 1. The number of hydrazine groups is 1. The van der Waals surface area contributed by atoms with Crippen LogP contribution in [0.25, 0.3) is 0 Å². The molecular formula is C10H17N3O2. The Labute approximate surface area is 89.2 Å². The third-order valence-corrected chi connectivity index (χ3v) is 2.39. The summed E-state index contributed by atoms with van der Waals surface area (Å²) in [6.45, 7) is 4.84. The molecule has 0 aliphatic rings. The van der Waals surface area contributed by atoms with Crippen LogP contribution in [0.1, 0.15) is 30.0 Å². The van der Waals surface area contributed by atoms with E-state index in [1.807, 2.05) is 7.05 Å². The van der Waals surface area contributed by atoms with Crippen molar-refractivity contribution >= 4 is 5.91 Å². The van der Waals surface area contributed by atoms with E-state index >= 15 is 0 Å². The van der Waals surface area contributed by atoms with Crippen LogP contribution in [0.3, 0.4) is 0 Å². The molecule has 0 spiro atoms. The largest absolute Gasteiger partial charge is 0.459 e. The molecular weight excluding hydrogens is 194 g/mol. The zero-order valence-electron chi connectivity index (χ0n) is 9.28. The minimum Gasteiger partial charge on any atom is -0.459 e. The molecule has 5 heteroatoms. The molecule has 0 saturated carbocycles. The van der Waals surface area contributed by atoms with E-state index in [9.17, 15) is 4.79 Å². The van der Waals surface area contributed by atoms with Gasteiger partial charge in [0.25, 0.3) is 0 Å². The first-order valence-electron chi connectivity index (χ1n) is 4.83. The van der Waals surface area contributed by atoms with Gasteiger partial charge in [0.1, 0.15) is 0 Å². The lowest BCUT2D eigenvalue weighted by molar-refractivity contribution is 0.0923. The van der Waals surface area contributed by atoms with Crippen LogP contribution in [-0.4, -0.2) is 23.9 Å². The number of nitrogens with two attached hydrogens (primary N) is 1. The van der Waals surface area contributed by atoms with E-state index in [1.165, 1.54) is 6.26 Å². The zero-order chi connectivity index (χ0) is 11.4. The summed E-state index contributed by atoms with van der Waals surface area (Å²) in [6, 6.07) is 2.19. The van der Waals surface area contributed by atoms with Gasteiger partial charge in [0.2, 0.25) is 0 Å². The molecule has 5 nitrogen and oxygen atoms in total. The van der Waals surface area contributed by atoms with Crippen LogP contribution in [0.4, 0.5) is 0 Å². The lowest BCUT2D eigenvalue weighted by Gasteiger charge is -2.20. The van der Waals surface area contributed by atoms with Crippen molar-refractivity contribution < 1.29 is 9.21 Å². The summed E-state index contributed by atoms with van der Waals surface area (Å²) < 4.78 is 5.08. The second kappa shape index (κ2) is 4.95. The van der Waals surface area contributed by atoms with Crippen LogP contribution in [-0.2, 0) is 6.54 Å². The number of nitrogens with zero attached hydrogens (tertiary/aromatic N) is 1. The molecule has 0 aromatic carbocycles. The fourth-order valence-electron chi connectivity index (χ4n) is 1.18. The van der Waals surface area contributed by atoms with E-state index in [0.717, 1.165) is 5.56 Å². The molecule has 1 rings (SSSR count). The molecule has 1 amide bonds. The van der Waals surface area contributed by atoms with Gasteiger partial charge in [0, 0.05) is 18.2 Å². The number of hydrogen-bond acceptors (Lipinski definition) is 4. The van der Waals surface area contributed by atoms with Crippen LogP contribution >= 0.6 is 0 Å². The highest BCUT2D eigenvalue weighted by Crippen LogP contribution is 2.13. The number of nitrogens with one attached hydrogen (secondary N) is 1. The number of rotatable bonds is 4. The molecule has 0 unspecified atom stereocenters. The molecule has 0 atom stereocenters. The number of nitrogen functional groups attached to an aromatic ring is 1. The monoisotopic (exact) mass is 211 g/mol. The maximum absolute atomic E-state index is 11.3. The quantitative estimate of drug-likeness (QED) is 0.437. The summed E-state index contributed by atoms with van der Waals surface area (Å²) >= 11 is 0. The second-order valence-electron chi connectivity index (χ2n) is 3.76. The van der Waals surface area contributed by atoms with E-state index in [4.69, 9.17) is 10.3 Å². The predicted octanol–water partition coefficient (Wildman–Crippen LogP) is 0.723. The summed E-state index contributed by atoms with van der Waals surface area (Å²) in [7, 11) is 1.99. The molecule has 0 fully saturated rings. The van der Waals surface area contributed by atoms with Crippen LogP contribution in [0.5, 0.6) is 0 Å². The lowest BCUT2D eigenvalue weighted by atomic mass is 10.2. The predicted molar refractivity (Wildman–Crippen MR) is 57.0 cm³/mol. The van der Waals surface area contributed by atoms with Crippen molar-refractivity contribution in [3.05, 3.63) is 23.7 Å². The highest BCUT2D eigenvalue weighted by molar-refractivity contribution is 5.92. The Bertz CT molecular complexity index is 333. The summed E-state index contributed by atoms with van der Waals surface area (Å²) in [5, 5.41) is 0. The van der Waals surface area contributed by atoms with Gasteiger partial charge in [0.15, 0.2) is 5.76 Å². The van der Waals surface area contributed by atoms with Gasteiger partial charge >= 0.3 is 5.91 Å². The molecule has 0 saturated heterocycles. The molecule has 1 heterocycles.